The summed E-state index contributed by atoms with van der Waals surface area (Å²) in [6.45, 7) is 6.52. The Morgan fingerprint density at radius 1 is 1.36 bits per heavy atom. The van der Waals surface area contributed by atoms with Gasteiger partial charge in [-0.15, -0.1) is 0 Å². The van der Waals surface area contributed by atoms with Crippen molar-refractivity contribution in [3.63, 3.8) is 0 Å². The predicted octanol–water partition coefficient (Wildman–Crippen LogP) is 4.65. The third-order valence-corrected chi connectivity index (χ3v) is 4.31. The van der Waals surface area contributed by atoms with Crippen molar-refractivity contribution in [3.8, 4) is 0 Å². The summed E-state index contributed by atoms with van der Waals surface area (Å²) in [6, 6.07) is 6.28. The summed E-state index contributed by atoms with van der Waals surface area (Å²) in [5.74, 6) is 0.379. The zero-order valence-corrected chi connectivity index (χ0v) is 15.1. The van der Waals surface area contributed by atoms with Crippen LogP contribution in [-0.2, 0) is 9.53 Å². The van der Waals surface area contributed by atoms with Gasteiger partial charge >= 0.3 is 5.97 Å². The van der Waals surface area contributed by atoms with Crippen molar-refractivity contribution in [1.82, 2.24) is 0 Å². The van der Waals surface area contributed by atoms with Crippen LogP contribution in [0.15, 0.2) is 28.2 Å². The molecule has 0 bridgehead atoms. The molecule has 0 radical (unpaired) electrons. The summed E-state index contributed by atoms with van der Waals surface area (Å²) in [5.41, 5.74) is 3.03. The van der Waals surface area contributed by atoms with Gasteiger partial charge in [-0.2, -0.15) is 0 Å². The van der Waals surface area contributed by atoms with Gasteiger partial charge in [0.15, 0.2) is 0 Å². The Hall–Kier alpha value is -1.29. The zero-order chi connectivity index (χ0) is 16.1. The van der Waals surface area contributed by atoms with Gasteiger partial charge < -0.3 is 9.64 Å². The van der Waals surface area contributed by atoms with Gasteiger partial charge in [0, 0.05) is 28.8 Å². The summed E-state index contributed by atoms with van der Waals surface area (Å²) in [5, 5.41) is 0. The van der Waals surface area contributed by atoms with Gasteiger partial charge in [-0.25, -0.2) is 4.79 Å². The highest BCUT2D eigenvalue weighted by atomic mass is 79.9. The highest BCUT2D eigenvalue weighted by molar-refractivity contribution is 9.10. The number of fused-ring (bicyclic) bond motifs is 1. The van der Waals surface area contributed by atoms with E-state index in [1.165, 1.54) is 12.8 Å². The molecule has 1 heterocycles. The molecule has 0 spiro atoms. The molecule has 1 aromatic rings. The number of halogens is 1. The van der Waals surface area contributed by atoms with Crippen molar-refractivity contribution in [2.45, 2.75) is 33.1 Å². The summed E-state index contributed by atoms with van der Waals surface area (Å²) < 4.78 is 5.95. The second-order valence-corrected chi connectivity index (χ2v) is 7.08. The lowest BCUT2D eigenvalue weighted by atomic mass is 10.0. The Morgan fingerprint density at radius 3 is 2.82 bits per heavy atom. The highest BCUT2D eigenvalue weighted by Crippen LogP contribution is 2.30. The molecular formula is C18H24BrNO2. The van der Waals surface area contributed by atoms with E-state index in [1.807, 2.05) is 6.08 Å². The Morgan fingerprint density at radius 2 is 2.14 bits per heavy atom. The first-order chi connectivity index (χ1) is 10.5. The van der Waals surface area contributed by atoms with Crippen LogP contribution in [0.2, 0.25) is 0 Å². The fraction of sp³-hybridized carbons (Fsp3) is 0.500. The number of carbonyl (C=O) groups is 1. The molecule has 0 unspecified atom stereocenters. The molecule has 1 aliphatic heterocycles. The van der Waals surface area contributed by atoms with Gasteiger partial charge in [0.25, 0.3) is 0 Å². The summed E-state index contributed by atoms with van der Waals surface area (Å²) >= 11 is 3.54. The van der Waals surface area contributed by atoms with Crippen LogP contribution < -0.4 is 4.90 Å². The second kappa shape index (κ2) is 7.82. The average Bonchev–Trinajstić information content (AvgIpc) is 2.55. The number of hydrogen-bond donors (Lipinski definition) is 0. The van der Waals surface area contributed by atoms with E-state index in [4.69, 9.17) is 4.74 Å². The van der Waals surface area contributed by atoms with Crippen LogP contribution in [0.1, 0.15) is 38.7 Å². The number of hydrogen-bond acceptors (Lipinski definition) is 3. The largest absolute Gasteiger partial charge is 0.466 e. The van der Waals surface area contributed by atoms with E-state index in [0.717, 1.165) is 48.0 Å². The number of ether oxygens (including phenoxy) is 1. The lowest BCUT2D eigenvalue weighted by Gasteiger charge is -2.28. The van der Waals surface area contributed by atoms with Gasteiger partial charge in [-0.05, 0) is 55.0 Å². The quantitative estimate of drug-likeness (QED) is 0.730. The van der Waals surface area contributed by atoms with Crippen molar-refractivity contribution in [2.24, 2.45) is 5.92 Å². The molecule has 0 aromatic heterocycles. The van der Waals surface area contributed by atoms with E-state index in [2.05, 4.69) is 52.9 Å². The summed E-state index contributed by atoms with van der Waals surface area (Å²) in [4.78, 5) is 14.4. The van der Waals surface area contributed by atoms with Crippen LogP contribution in [0.25, 0.3) is 6.08 Å². The molecule has 120 valence electrons. The van der Waals surface area contributed by atoms with Crippen molar-refractivity contribution in [3.05, 3.63) is 33.8 Å². The first-order valence-electron chi connectivity index (χ1n) is 7.84. The minimum atomic E-state index is -0.219. The van der Waals surface area contributed by atoms with E-state index in [1.54, 1.807) is 0 Å². The lowest BCUT2D eigenvalue weighted by Crippen LogP contribution is -2.29. The van der Waals surface area contributed by atoms with Gasteiger partial charge in [0.05, 0.1) is 7.11 Å². The Labute approximate surface area is 141 Å². The van der Waals surface area contributed by atoms with E-state index < -0.39 is 0 Å². The van der Waals surface area contributed by atoms with Crippen LogP contribution in [0.4, 0.5) is 5.69 Å². The average molecular weight is 366 g/mol. The van der Waals surface area contributed by atoms with Gasteiger partial charge in [0.1, 0.15) is 0 Å². The first-order valence-corrected chi connectivity index (χ1v) is 8.64. The molecule has 22 heavy (non-hydrogen) atoms. The van der Waals surface area contributed by atoms with E-state index in [0.29, 0.717) is 5.92 Å². The third-order valence-electron chi connectivity index (χ3n) is 3.82. The highest BCUT2D eigenvalue weighted by Gasteiger charge is 2.17. The van der Waals surface area contributed by atoms with Crippen LogP contribution in [0.5, 0.6) is 0 Å². The van der Waals surface area contributed by atoms with Crippen molar-refractivity contribution < 1.29 is 9.53 Å². The molecule has 1 aromatic carbocycles. The minimum absolute atomic E-state index is 0.219. The maximum absolute atomic E-state index is 12.0. The zero-order valence-electron chi connectivity index (χ0n) is 13.6. The molecule has 0 amide bonds. The standard InChI is InChI=1S/C18H24BrNO2/c1-13(2)12-20-9-5-4-6-14(18(21)22-3)10-15-11-16(19)7-8-17(15)20/h7-8,10-11,13H,4-6,9,12H2,1-3H3/b14-10+. The van der Waals surface area contributed by atoms with Gasteiger partial charge in [-0.1, -0.05) is 29.8 Å². The number of carbonyl (C=O) groups excluding carboxylic acids is 1. The van der Waals surface area contributed by atoms with E-state index in [9.17, 15) is 4.79 Å². The number of benzene rings is 1. The number of anilines is 1. The smallest absolute Gasteiger partial charge is 0.333 e. The molecule has 0 N–H and O–H groups in total. The van der Waals surface area contributed by atoms with Crippen LogP contribution in [0.3, 0.4) is 0 Å². The topological polar surface area (TPSA) is 29.5 Å². The SMILES string of the molecule is COC(=O)/C1=C/c2cc(Br)ccc2N(CC(C)C)CCCC1. The minimum Gasteiger partial charge on any atom is -0.466 e. The van der Waals surface area contributed by atoms with Crippen molar-refractivity contribution in [2.75, 3.05) is 25.1 Å². The third kappa shape index (κ3) is 4.35. The van der Waals surface area contributed by atoms with Crippen LogP contribution in [0, 0.1) is 5.92 Å². The molecule has 0 saturated carbocycles. The molecule has 4 heteroatoms. The number of nitrogens with zero attached hydrogens (tertiary/aromatic N) is 1. The Bertz CT molecular complexity index is 566. The molecule has 3 nitrogen and oxygen atoms in total. The maximum Gasteiger partial charge on any atom is 0.333 e. The molecular weight excluding hydrogens is 342 g/mol. The van der Waals surface area contributed by atoms with E-state index >= 15 is 0 Å². The molecule has 0 atom stereocenters. The van der Waals surface area contributed by atoms with Crippen LogP contribution >= 0.6 is 15.9 Å². The number of methoxy groups -OCH3 is 1. The predicted molar refractivity (Wildman–Crippen MR) is 95.0 cm³/mol. The fourth-order valence-electron chi connectivity index (χ4n) is 2.85. The van der Waals surface area contributed by atoms with Gasteiger partial charge in [0.2, 0.25) is 0 Å². The van der Waals surface area contributed by atoms with E-state index in [-0.39, 0.29) is 5.97 Å². The Balaban J connectivity index is 2.47. The normalized spacial score (nSPS) is 17.9. The molecule has 0 aliphatic carbocycles. The second-order valence-electron chi connectivity index (χ2n) is 6.16. The number of rotatable bonds is 3. The lowest BCUT2D eigenvalue weighted by molar-refractivity contribution is -0.136. The van der Waals surface area contributed by atoms with Gasteiger partial charge in [-0.3, -0.25) is 0 Å². The fourth-order valence-corrected chi connectivity index (χ4v) is 3.23. The monoisotopic (exact) mass is 365 g/mol. The maximum atomic E-state index is 12.0. The summed E-state index contributed by atoms with van der Waals surface area (Å²) in [7, 11) is 1.45. The first kappa shape index (κ1) is 17.1. The summed E-state index contributed by atoms with van der Waals surface area (Å²) in [6.07, 6.45) is 4.85. The Kier molecular flexibility index (Phi) is 6.07. The molecule has 2 rings (SSSR count). The van der Waals surface area contributed by atoms with Crippen LogP contribution in [-0.4, -0.2) is 26.2 Å². The molecule has 0 saturated heterocycles. The molecule has 0 fully saturated rings. The van der Waals surface area contributed by atoms with Crippen molar-refractivity contribution >= 4 is 33.7 Å². The number of esters is 1. The molecule has 1 aliphatic rings. The van der Waals surface area contributed by atoms with Crippen molar-refractivity contribution in [1.29, 1.82) is 0 Å².